The van der Waals surface area contributed by atoms with Crippen LogP contribution in [0, 0.1) is 0 Å². The highest BCUT2D eigenvalue weighted by Gasteiger charge is 2.12. The van der Waals surface area contributed by atoms with Gasteiger partial charge in [0.05, 0.1) is 10.9 Å². The van der Waals surface area contributed by atoms with Gasteiger partial charge in [-0.05, 0) is 36.4 Å². The van der Waals surface area contributed by atoms with Crippen molar-refractivity contribution in [3.8, 4) is 11.5 Å². The van der Waals surface area contributed by atoms with Gasteiger partial charge in [-0.15, -0.1) is 11.6 Å². The Balaban J connectivity index is 2.11. The molecule has 0 bridgehead atoms. The van der Waals surface area contributed by atoms with Gasteiger partial charge in [-0.3, -0.25) is 4.98 Å². The van der Waals surface area contributed by atoms with Crippen LogP contribution in [-0.4, -0.2) is 4.98 Å². The summed E-state index contributed by atoms with van der Waals surface area (Å²) >= 11 is 18.3. The molecule has 0 saturated heterocycles. The van der Waals surface area contributed by atoms with Crippen LogP contribution in [0.1, 0.15) is 5.56 Å². The molecule has 0 amide bonds. The van der Waals surface area contributed by atoms with Crippen LogP contribution in [0.15, 0.2) is 48.7 Å². The molecule has 0 radical (unpaired) electrons. The molecule has 0 N–H and O–H groups in total. The van der Waals surface area contributed by atoms with Crippen LogP contribution in [-0.2, 0) is 5.88 Å². The monoisotopic (exact) mass is 337 g/mol. The number of ether oxygens (including phenoxy) is 1. The van der Waals surface area contributed by atoms with Crippen LogP contribution in [0.2, 0.25) is 10.0 Å². The number of benzene rings is 2. The molecule has 2 nitrogen and oxygen atoms in total. The van der Waals surface area contributed by atoms with Crippen molar-refractivity contribution in [2.75, 3.05) is 0 Å². The van der Waals surface area contributed by atoms with E-state index in [1.165, 1.54) is 0 Å². The highest BCUT2D eigenvalue weighted by atomic mass is 35.5. The first-order valence-electron chi connectivity index (χ1n) is 6.25. The highest BCUT2D eigenvalue weighted by Crippen LogP contribution is 2.36. The minimum absolute atomic E-state index is 0.272. The number of aromatic nitrogens is 1. The summed E-state index contributed by atoms with van der Waals surface area (Å²) in [5, 5.41) is 2.05. The van der Waals surface area contributed by atoms with Crippen molar-refractivity contribution in [3.63, 3.8) is 0 Å². The van der Waals surface area contributed by atoms with E-state index in [0.717, 1.165) is 10.9 Å². The number of fused-ring (bicyclic) bond motifs is 1. The normalized spacial score (nSPS) is 10.8. The van der Waals surface area contributed by atoms with Crippen LogP contribution in [0.5, 0.6) is 11.5 Å². The second-order valence-corrected chi connectivity index (χ2v) is 5.48. The van der Waals surface area contributed by atoms with Crippen LogP contribution in [0.4, 0.5) is 0 Å². The van der Waals surface area contributed by atoms with E-state index in [4.69, 9.17) is 39.5 Å². The summed E-state index contributed by atoms with van der Waals surface area (Å²) in [7, 11) is 0. The molecule has 3 rings (SSSR count). The molecule has 0 aliphatic heterocycles. The maximum absolute atomic E-state index is 6.18. The van der Waals surface area contributed by atoms with Gasteiger partial charge in [0.1, 0.15) is 11.3 Å². The van der Waals surface area contributed by atoms with Crippen molar-refractivity contribution >= 4 is 45.7 Å². The van der Waals surface area contributed by atoms with E-state index in [0.29, 0.717) is 27.1 Å². The standard InChI is InChI=1S/C16H10Cl3NO/c17-9-11-12(18)4-1-5-14(11)21-15-7-6-13(19)10-3-2-8-20-16(10)15/h1-8H,9H2. The second-order valence-electron chi connectivity index (χ2n) is 4.40. The predicted molar refractivity (Wildman–Crippen MR) is 87.8 cm³/mol. The fourth-order valence-corrected chi connectivity index (χ4v) is 2.87. The number of hydrogen-bond acceptors (Lipinski definition) is 2. The van der Waals surface area contributed by atoms with Crippen molar-refractivity contribution in [3.05, 3.63) is 64.3 Å². The van der Waals surface area contributed by atoms with Gasteiger partial charge in [-0.25, -0.2) is 0 Å². The molecule has 0 aliphatic carbocycles. The Morgan fingerprint density at radius 3 is 2.57 bits per heavy atom. The number of nitrogens with zero attached hydrogens (tertiary/aromatic N) is 1. The van der Waals surface area contributed by atoms with E-state index in [2.05, 4.69) is 4.98 Å². The zero-order chi connectivity index (χ0) is 14.8. The zero-order valence-corrected chi connectivity index (χ0v) is 13.1. The lowest BCUT2D eigenvalue weighted by Crippen LogP contribution is -1.92. The maximum Gasteiger partial charge on any atom is 0.153 e. The average molecular weight is 339 g/mol. The fourth-order valence-electron chi connectivity index (χ4n) is 2.08. The smallest absolute Gasteiger partial charge is 0.153 e. The molecule has 0 spiro atoms. The van der Waals surface area contributed by atoms with Crippen LogP contribution in [0.25, 0.3) is 10.9 Å². The average Bonchev–Trinajstić information content (AvgIpc) is 2.51. The minimum atomic E-state index is 0.272. The van der Waals surface area contributed by atoms with Gasteiger partial charge in [0, 0.05) is 22.2 Å². The SMILES string of the molecule is ClCc1c(Cl)cccc1Oc1ccc(Cl)c2cccnc12. The van der Waals surface area contributed by atoms with Gasteiger partial charge in [0.25, 0.3) is 0 Å². The third-order valence-corrected chi connectivity index (χ3v) is 4.06. The summed E-state index contributed by atoms with van der Waals surface area (Å²) in [6, 6.07) is 12.7. The fraction of sp³-hybridized carbons (Fsp3) is 0.0625. The number of halogens is 3. The molecule has 106 valence electrons. The summed E-state index contributed by atoms with van der Waals surface area (Å²) in [6.45, 7) is 0. The summed E-state index contributed by atoms with van der Waals surface area (Å²) in [5.41, 5.74) is 1.45. The van der Waals surface area contributed by atoms with Gasteiger partial charge < -0.3 is 4.74 Å². The van der Waals surface area contributed by atoms with Gasteiger partial charge in [-0.2, -0.15) is 0 Å². The second kappa shape index (κ2) is 6.10. The Morgan fingerprint density at radius 2 is 1.76 bits per heavy atom. The Hall–Kier alpha value is -1.48. The van der Waals surface area contributed by atoms with Gasteiger partial charge in [0.15, 0.2) is 5.75 Å². The van der Waals surface area contributed by atoms with Crippen molar-refractivity contribution in [1.29, 1.82) is 0 Å². The molecular weight excluding hydrogens is 329 g/mol. The summed E-state index contributed by atoms with van der Waals surface area (Å²) in [4.78, 5) is 4.34. The molecule has 0 saturated carbocycles. The first-order chi connectivity index (χ1) is 10.2. The van der Waals surface area contributed by atoms with E-state index in [-0.39, 0.29) is 5.88 Å². The number of rotatable bonds is 3. The molecule has 5 heteroatoms. The van der Waals surface area contributed by atoms with Crippen LogP contribution < -0.4 is 4.74 Å². The van der Waals surface area contributed by atoms with E-state index < -0.39 is 0 Å². The molecule has 0 fully saturated rings. The Kier molecular flexibility index (Phi) is 4.20. The van der Waals surface area contributed by atoms with Gasteiger partial charge >= 0.3 is 0 Å². The minimum Gasteiger partial charge on any atom is -0.455 e. The Morgan fingerprint density at radius 1 is 0.905 bits per heavy atom. The van der Waals surface area contributed by atoms with E-state index in [9.17, 15) is 0 Å². The van der Waals surface area contributed by atoms with Crippen molar-refractivity contribution in [2.45, 2.75) is 5.88 Å². The van der Waals surface area contributed by atoms with Crippen LogP contribution in [0.3, 0.4) is 0 Å². The first kappa shape index (κ1) is 14.5. The summed E-state index contributed by atoms with van der Waals surface area (Å²) < 4.78 is 5.96. The molecule has 0 aliphatic rings. The maximum atomic E-state index is 6.18. The van der Waals surface area contributed by atoms with Crippen molar-refractivity contribution < 1.29 is 4.74 Å². The summed E-state index contributed by atoms with van der Waals surface area (Å²) in [6.07, 6.45) is 1.70. The largest absolute Gasteiger partial charge is 0.455 e. The third kappa shape index (κ3) is 2.80. The number of alkyl halides is 1. The molecule has 1 heterocycles. The topological polar surface area (TPSA) is 22.1 Å². The quantitative estimate of drug-likeness (QED) is 0.540. The highest BCUT2D eigenvalue weighted by molar-refractivity contribution is 6.35. The number of pyridine rings is 1. The predicted octanol–water partition coefficient (Wildman–Crippen LogP) is 6.07. The molecule has 2 aromatic carbocycles. The Labute approximate surface area is 137 Å². The van der Waals surface area contributed by atoms with E-state index in [1.54, 1.807) is 24.4 Å². The summed E-state index contributed by atoms with van der Waals surface area (Å²) in [5.74, 6) is 1.50. The Bertz CT molecular complexity index is 805. The van der Waals surface area contributed by atoms with Crippen molar-refractivity contribution in [1.82, 2.24) is 4.98 Å². The molecule has 0 atom stereocenters. The van der Waals surface area contributed by atoms with Crippen LogP contribution >= 0.6 is 34.8 Å². The lowest BCUT2D eigenvalue weighted by molar-refractivity contribution is 0.483. The molecule has 0 unspecified atom stereocenters. The zero-order valence-electron chi connectivity index (χ0n) is 10.8. The van der Waals surface area contributed by atoms with E-state index in [1.807, 2.05) is 24.3 Å². The van der Waals surface area contributed by atoms with Gasteiger partial charge in [0.2, 0.25) is 0 Å². The van der Waals surface area contributed by atoms with E-state index >= 15 is 0 Å². The molecule has 1 aromatic heterocycles. The first-order valence-corrected chi connectivity index (χ1v) is 7.54. The molecule has 21 heavy (non-hydrogen) atoms. The van der Waals surface area contributed by atoms with Gasteiger partial charge in [-0.1, -0.05) is 29.3 Å². The lowest BCUT2D eigenvalue weighted by atomic mass is 10.2. The number of hydrogen-bond donors (Lipinski definition) is 0. The third-order valence-electron chi connectivity index (χ3n) is 3.11. The van der Waals surface area contributed by atoms with Crippen molar-refractivity contribution in [2.24, 2.45) is 0 Å². The lowest BCUT2D eigenvalue weighted by Gasteiger charge is -2.12. The molecular formula is C16H10Cl3NO. The molecule has 3 aromatic rings.